The van der Waals surface area contributed by atoms with Crippen LogP contribution in [0.25, 0.3) is 60.1 Å². The third-order valence-corrected chi connectivity index (χ3v) is 11.6. The summed E-state index contributed by atoms with van der Waals surface area (Å²) in [6, 6.07) is 30.3. The predicted octanol–water partition coefficient (Wildman–Crippen LogP) is 9.26. The third-order valence-electron chi connectivity index (χ3n) is 11.6. The van der Waals surface area contributed by atoms with Crippen molar-refractivity contribution in [2.75, 3.05) is 0 Å². The van der Waals surface area contributed by atoms with Crippen molar-refractivity contribution in [2.45, 2.75) is 50.9 Å². The monoisotopic (exact) mass is 531 g/mol. The van der Waals surface area contributed by atoms with Crippen LogP contribution in [-0.2, 0) is 12.5 Å². The van der Waals surface area contributed by atoms with Gasteiger partial charge in [0.25, 0.3) is 0 Å². The molecule has 0 saturated heterocycles. The van der Waals surface area contributed by atoms with E-state index in [2.05, 4.69) is 108 Å². The van der Waals surface area contributed by atoms with E-state index >= 15 is 0 Å². The molecule has 3 heterocycles. The fraction of sp³-hybridized carbons (Fsp3) is 0.308. The Morgan fingerprint density at radius 1 is 0.707 bits per heavy atom. The average molecular weight is 532 g/mol. The molecule has 4 aliphatic carbocycles. The second-order valence-corrected chi connectivity index (χ2v) is 14.0. The smallest absolute Gasteiger partial charge is 0.224 e. The molecule has 0 atom stereocenters. The number of hydrogen-bond acceptors (Lipinski definition) is 0. The summed E-state index contributed by atoms with van der Waals surface area (Å²) in [5, 5.41) is 6.93. The molecule has 4 saturated carbocycles. The summed E-state index contributed by atoms with van der Waals surface area (Å²) >= 11 is 0. The summed E-state index contributed by atoms with van der Waals surface area (Å²) < 4.78 is 5.02. The van der Waals surface area contributed by atoms with Gasteiger partial charge in [0.05, 0.1) is 27.3 Å². The van der Waals surface area contributed by atoms with Gasteiger partial charge in [0.15, 0.2) is 6.20 Å². The number of aromatic nitrogens is 2. The Kier molecular flexibility index (Phi) is 4.26. The molecule has 200 valence electrons. The van der Waals surface area contributed by atoms with Gasteiger partial charge >= 0.3 is 0 Å². The Bertz CT molecular complexity index is 2160. The molecule has 0 amide bonds. The van der Waals surface area contributed by atoms with Gasteiger partial charge in [-0.05, 0) is 114 Å². The number of nitrogens with zero attached hydrogens (tertiary/aromatic N) is 2. The zero-order valence-electron chi connectivity index (χ0n) is 24.0. The number of hydrogen-bond donors (Lipinski definition) is 0. The lowest BCUT2D eigenvalue weighted by molar-refractivity contribution is -0.643. The summed E-state index contributed by atoms with van der Waals surface area (Å²) in [6.45, 7) is 2.29. The van der Waals surface area contributed by atoms with Gasteiger partial charge in [-0.2, -0.15) is 0 Å². The van der Waals surface area contributed by atoms with E-state index in [0.717, 1.165) is 17.8 Å². The molecule has 4 aromatic carbocycles. The molecule has 0 unspecified atom stereocenters. The number of fused-ring (bicyclic) bond motifs is 5. The van der Waals surface area contributed by atoms with Crippen LogP contribution in [0.15, 0.2) is 85.1 Å². The lowest BCUT2D eigenvalue weighted by Crippen LogP contribution is -2.48. The van der Waals surface area contributed by atoms with Crippen molar-refractivity contribution in [1.82, 2.24) is 4.40 Å². The van der Waals surface area contributed by atoms with Crippen molar-refractivity contribution in [1.29, 1.82) is 0 Å². The molecule has 0 N–H and O–H groups in total. The highest BCUT2D eigenvalue weighted by Crippen LogP contribution is 2.61. The molecule has 2 nitrogen and oxygen atoms in total. The minimum Gasteiger partial charge on any atom is -0.307 e. The molecule has 4 fully saturated rings. The van der Waals surface area contributed by atoms with Crippen LogP contribution in [0.3, 0.4) is 0 Å². The van der Waals surface area contributed by atoms with Crippen molar-refractivity contribution < 1.29 is 4.57 Å². The summed E-state index contributed by atoms with van der Waals surface area (Å²) in [5.74, 6) is 2.81. The Labute approximate surface area is 240 Å². The van der Waals surface area contributed by atoms with E-state index in [0.29, 0.717) is 5.41 Å². The number of rotatable bonds is 2. The molecule has 4 bridgehead atoms. The van der Waals surface area contributed by atoms with E-state index in [1.54, 1.807) is 5.56 Å². The molecule has 7 aromatic rings. The summed E-state index contributed by atoms with van der Waals surface area (Å²) in [5.41, 5.74) is 11.4. The van der Waals surface area contributed by atoms with Gasteiger partial charge < -0.3 is 4.40 Å². The SMILES string of the molecule is Cc1ccc2c3ccc(-c4ccccc4)cc3n3c4cc(C56CC7CC(CC(C7)C5)C6)cc5cc[n+](C)c(c1c23)c54. The molecular formula is C39H35N2+. The van der Waals surface area contributed by atoms with E-state index in [1.165, 1.54) is 104 Å². The van der Waals surface area contributed by atoms with E-state index in [1.807, 2.05) is 0 Å². The number of aryl methyl sites for hydroxylation is 2. The summed E-state index contributed by atoms with van der Waals surface area (Å²) in [6.07, 6.45) is 10.9. The Morgan fingerprint density at radius 2 is 1.44 bits per heavy atom. The maximum Gasteiger partial charge on any atom is 0.224 e. The fourth-order valence-corrected chi connectivity index (χ4v) is 10.3. The van der Waals surface area contributed by atoms with E-state index < -0.39 is 0 Å². The first-order valence-corrected chi connectivity index (χ1v) is 15.7. The van der Waals surface area contributed by atoms with Gasteiger partial charge in [-0.15, -0.1) is 0 Å². The second kappa shape index (κ2) is 7.68. The van der Waals surface area contributed by atoms with Gasteiger partial charge in [0.2, 0.25) is 5.52 Å². The summed E-state index contributed by atoms with van der Waals surface area (Å²) in [4.78, 5) is 0. The highest BCUT2D eigenvalue weighted by molar-refractivity contribution is 6.26. The van der Waals surface area contributed by atoms with Crippen molar-refractivity contribution in [3.05, 3.63) is 96.2 Å². The molecule has 41 heavy (non-hydrogen) atoms. The highest BCUT2D eigenvalue weighted by atomic mass is 15.0. The molecule has 0 spiro atoms. The first kappa shape index (κ1) is 22.7. The molecular weight excluding hydrogens is 496 g/mol. The lowest BCUT2D eigenvalue weighted by Gasteiger charge is -2.57. The van der Waals surface area contributed by atoms with Gasteiger partial charge in [-0.25, -0.2) is 4.57 Å². The minimum atomic E-state index is 0.363. The first-order valence-electron chi connectivity index (χ1n) is 15.7. The maximum atomic E-state index is 2.65. The van der Waals surface area contributed by atoms with Crippen LogP contribution >= 0.6 is 0 Å². The van der Waals surface area contributed by atoms with E-state index in [9.17, 15) is 0 Å². The van der Waals surface area contributed by atoms with Crippen molar-refractivity contribution in [3.8, 4) is 11.1 Å². The average Bonchev–Trinajstić information content (AvgIpc) is 3.31. The largest absolute Gasteiger partial charge is 0.307 e. The number of pyridine rings is 2. The van der Waals surface area contributed by atoms with Crippen LogP contribution in [0.1, 0.15) is 49.7 Å². The molecule has 0 aliphatic heterocycles. The molecule has 4 aliphatic rings. The topological polar surface area (TPSA) is 8.29 Å². The van der Waals surface area contributed by atoms with Crippen LogP contribution in [0.2, 0.25) is 0 Å². The normalized spacial score (nSPS) is 25.6. The van der Waals surface area contributed by atoms with Crippen LogP contribution in [0, 0.1) is 24.7 Å². The van der Waals surface area contributed by atoms with Crippen LogP contribution in [0.5, 0.6) is 0 Å². The highest BCUT2D eigenvalue weighted by Gasteiger charge is 2.51. The van der Waals surface area contributed by atoms with E-state index in [4.69, 9.17) is 0 Å². The van der Waals surface area contributed by atoms with Crippen LogP contribution in [0.4, 0.5) is 0 Å². The summed E-state index contributed by atoms with van der Waals surface area (Å²) in [7, 11) is 2.23. The molecule has 3 aromatic heterocycles. The Morgan fingerprint density at radius 3 is 2.20 bits per heavy atom. The van der Waals surface area contributed by atoms with Gasteiger partial charge in [-0.1, -0.05) is 54.6 Å². The van der Waals surface area contributed by atoms with Crippen LogP contribution < -0.4 is 4.57 Å². The Balaban J connectivity index is 1.38. The lowest BCUT2D eigenvalue weighted by atomic mass is 9.48. The van der Waals surface area contributed by atoms with Crippen molar-refractivity contribution in [3.63, 3.8) is 0 Å². The minimum absolute atomic E-state index is 0.363. The van der Waals surface area contributed by atoms with Crippen LogP contribution in [-0.4, -0.2) is 4.40 Å². The number of benzene rings is 4. The van der Waals surface area contributed by atoms with Gasteiger partial charge in [0.1, 0.15) is 7.05 Å². The quantitative estimate of drug-likeness (QED) is 0.119. The first-order chi connectivity index (χ1) is 20.1. The molecule has 2 heteroatoms. The van der Waals surface area contributed by atoms with Crippen molar-refractivity contribution >= 4 is 49.0 Å². The van der Waals surface area contributed by atoms with E-state index in [-0.39, 0.29) is 0 Å². The zero-order valence-corrected chi connectivity index (χ0v) is 24.0. The second-order valence-electron chi connectivity index (χ2n) is 14.0. The third kappa shape index (κ3) is 2.91. The molecule has 0 radical (unpaired) electrons. The standard InChI is InChI=1S/C39H35N2/c1-23-8-10-32-31-11-9-28(27-6-4-3-5-7-27)18-33(31)41-34-19-30(39-20-24-14-25(21-39)16-26(15-24)22-39)17-29-12-13-40(2)38(36(29)34)35(23)37(32)41/h3-13,17-19,24-26H,14-16,20-22H2,1-2H3/q+1. The zero-order chi connectivity index (χ0) is 27.0. The van der Waals surface area contributed by atoms with Gasteiger partial charge in [0, 0.05) is 16.8 Å². The van der Waals surface area contributed by atoms with Gasteiger partial charge in [-0.3, -0.25) is 0 Å². The van der Waals surface area contributed by atoms with Crippen molar-refractivity contribution in [2.24, 2.45) is 24.8 Å². The molecule has 11 rings (SSSR count). The Hall–Kier alpha value is -3.91. The predicted molar refractivity (Wildman–Crippen MR) is 170 cm³/mol. The maximum absolute atomic E-state index is 2.65. The fourth-order valence-electron chi connectivity index (χ4n) is 10.3.